The van der Waals surface area contributed by atoms with Gasteiger partial charge in [-0.2, -0.15) is 0 Å². The van der Waals surface area contributed by atoms with E-state index in [1.807, 2.05) is 0 Å². The van der Waals surface area contributed by atoms with E-state index in [1.165, 1.54) is 12.1 Å². The smallest absolute Gasteiger partial charge is 0.768 e. The van der Waals surface area contributed by atoms with Crippen molar-refractivity contribution in [3.8, 4) is 5.75 Å². The van der Waals surface area contributed by atoms with Crippen molar-refractivity contribution in [3.63, 3.8) is 0 Å². The molecule has 0 saturated carbocycles. The van der Waals surface area contributed by atoms with E-state index in [1.54, 1.807) is 13.0 Å². The van der Waals surface area contributed by atoms with Crippen molar-refractivity contribution in [2.45, 2.75) is 24.3 Å². The van der Waals surface area contributed by atoms with E-state index in [0.717, 1.165) is 0 Å². The molecule has 0 aliphatic carbocycles. The molecule has 2 rings (SSSR count). The molecule has 0 spiro atoms. The Morgan fingerprint density at radius 1 is 1.61 bits per heavy atom. The zero-order valence-corrected chi connectivity index (χ0v) is 13.0. The second kappa shape index (κ2) is 6.68. The maximum absolute atomic E-state index is 11.5. The molecule has 2 unspecified atom stereocenters. The van der Waals surface area contributed by atoms with Crippen molar-refractivity contribution < 1.29 is 52.6 Å². The molecule has 1 aliphatic rings. The van der Waals surface area contributed by atoms with Gasteiger partial charge in [0.15, 0.2) is 6.10 Å². The van der Waals surface area contributed by atoms with Crippen LogP contribution in [0.3, 0.4) is 0 Å². The first kappa shape index (κ1) is 15.7. The SMILES string of the molecule is CCOC(=O)C1Cc2cc(S(=O)[O-])ccc2O1.[Na+]. The molecule has 1 aromatic carbocycles. The summed E-state index contributed by atoms with van der Waals surface area (Å²) < 4.78 is 31.8. The maximum atomic E-state index is 11.5. The fourth-order valence-electron chi connectivity index (χ4n) is 1.70. The molecule has 0 fully saturated rings. The van der Waals surface area contributed by atoms with Crippen LogP contribution in [0.2, 0.25) is 0 Å². The van der Waals surface area contributed by atoms with Crippen molar-refractivity contribution in [1.29, 1.82) is 0 Å². The van der Waals surface area contributed by atoms with Gasteiger partial charge in [-0.05, 0) is 41.8 Å². The first-order valence-electron chi connectivity index (χ1n) is 5.17. The fraction of sp³-hybridized carbons (Fsp3) is 0.364. The van der Waals surface area contributed by atoms with Crippen LogP contribution in [0.1, 0.15) is 12.5 Å². The van der Waals surface area contributed by atoms with Crippen molar-refractivity contribution in [1.82, 2.24) is 0 Å². The number of carbonyl (C=O) groups is 1. The third-order valence-corrected chi connectivity index (χ3v) is 3.09. The standard InChI is InChI=1S/C11H12O5S.Na/c1-2-15-11(12)10-6-7-5-8(17(13)14)3-4-9(7)16-10;/h3-5,10H,2,6H2,1H3,(H,13,14);/q;+1/p-1. The van der Waals surface area contributed by atoms with Crippen LogP contribution in [-0.2, 0) is 27.0 Å². The number of hydrogen-bond acceptors (Lipinski definition) is 5. The molecule has 5 nitrogen and oxygen atoms in total. The molecule has 0 bridgehead atoms. The second-order valence-electron chi connectivity index (χ2n) is 3.57. The molecule has 0 amide bonds. The van der Waals surface area contributed by atoms with Crippen LogP contribution in [0.15, 0.2) is 23.1 Å². The van der Waals surface area contributed by atoms with Crippen molar-refractivity contribution in [2.24, 2.45) is 0 Å². The van der Waals surface area contributed by atoms with Gasteiger partial charge < -0.3 is 14.0 Å². The van der Waals surface area contributed by atoms with Crippen LogP contribution >= 0.6 is 0 Å². The summed E-state index contributed by atoms with van der Waals surface area (Å²) >= 11 is -2.27. The molecular formula is C11H11NaO5S. The summed E-state index contributed by atoms with van der Waals surface area (Å²) in [5.74, 6) is 0.116. The number of carbonyl (C=O) groups excluding carboxylic acids is 1. The van der Waals surface area contributed by atoms with Crippen LogP contribution in [-0.4, -0.2) is 27.4 Å². The molecule has 1 aliphatic heterocycles. The number of rotatable bonds is 3. The average molecular weight is 278 g/mol. The number of esters is 1. The van der Waals surface area contributed by atoms with Crippen LogP contribution < -0.4 is 34.3 Å². The van der Waals surface area contributed by atoms with Crippen LogP contribution in [0.5, 0.6) is 5.75 Å². The molecule has 18 heavy (non-hydrogen) atoms. The molecular weight excluding hydrogens is 267 g/mol. The maximum Gasteiger partial charge on any atom is 1.00 e. The monoisotopic (exact) mass is 278 g/mol. The molecule has 0 N–H and O–H groups in total. The minimum atomic E-state index is -2.27. The minimum Gasteiger partial charge on any atom is -0.768 e. The van der Waals surface area contributed by atoms with Gasteiger partial charge in [0.05, 0.1) is 6.61 Å². The fourth-order valence-corrected chi connectivity index (χ4v) is 2.11. The van der Waals surface area contributed by atoms with Crippen molar-refractivity contribution in [3.05, 3.63) is 23.8 Å². The van der Waals surface area contributed by atoms with E-state index in [9.17, 15) is 13.6 Å². The van der Waals surface area contributed by atoms with Crippen molar-refractivity contribution in [2.75, 3.05) is 6.61 Å². The number of fused-ring (bicyclic) bond motifs is 1. The molecule has 0 aromatic heterocycles. The van der Waals surface area contributed by atoms with Gasteiger partial charge in [-0.25, -0.2) is 4.79 Å². The molecule has 1 aromatic rings. The topological polar surface area (TPSA) is 75.7 Å². The Bertz CT molecular complexity index is 477. The molecule has 2 atom stereocenters. The van der Waals surface area contributed by atoms with Crippen molar-refractivity contribution >= 4 is 17.0 Å². The van der Waals surface area contributed by atoms with E-state index in [-0.39, 0.29) is 34.5 Å². The van der Waals surface area contributed by atoms with Gasteiger partial charge in [-0.3, -0.25) is 4.21 Å². The Hall–Kier alpha value is -0.400. The van der Waals surface area contributed by atoms with E-state index in [0.29, 0.717) is 24.3 Å². The zero-order chi connectivity index (χ0) is 12.4. The minimum absolute atomic E-state index is 0. The summed E-state index contributed by atoms with van der Waals surface area (Å²) in [6, 6.07) is 4.51. The molecule has 7 heteroatoms. The summed E-state index contributed by atoms with van der Waals surface area (Å²) in [4.78, 5) is 11.7. The molecule has 0 radical (unpaired) electrons. The summed E-state index contributed by atoms with van der Waals surface area (Å²) in [6.45, 7) is 2.02. The van der Waals surface area contributed by atoms with Gasteiger partial charge in [0, 0.05) is 11.3 Å². The van der Waals surface area contributed by atoms with Gasteiger partial charge in [0.2, 0.25) is 0 Å². The van der Waals surface area contributed by atoms with Crippen LogP contribution in [0.4, 0.5) is 0 Å². The average Bonchev–Trinajstić information content (AvgIpc) is 2.71. The van der Waals surface area contributed by atoms with Gasteiger partial charge in [-0.1, -0.05) is 0 Å². The molecule has 1 heterocycles. The Morgan fingerprint density at radius 3 is 2.94 bits per heavy atom. The van der Waals surface area contributed by atoms with E-state index in [4.69, 9.17) is 9.47 Å². The first-order valence-corrected chi connectivity index (χ1v) is 6.24. The van der Waals surface area contributed by atoms with E-state index < -0.39 is 23.2 Å². The third-order valence-electron chi connectivity index (χ3n) is 2.45. The zero-order valence-electron chi connectivity index (χ0n) is 10.2. The number of hydrogen-bond donors (Lipinski definition) is 0. The quantitative estimate of drug-likeness (QED) is 0.356. The summed E-state index contributed by atoms with van der Waals surface area (Å²) in [5, 5.41) is 0. The third kappa shape index (κ3) is 3.33. The largest absolute Gasteiger partial charge is 1.00 e. The Labute approximate surface area is 129 Å². The van der Waals surface area contributed by atoms with Gasteiger partial charge in [0.1, 0.15) is 5.75 Å². The Morgan fingerprint density at radius 2 is 2.33 bits per heavy atom. The first-order chi connectivity index (χ1) is 8.11. The molecule has 92 valence electrons. The summed E-state index contributed by atoms with van der Waals surface area (Å²) in [5.41, 5.74) is 0.713. The van der Waals surface area contributed by atoms with Crippen LogP contribution in [0, 0.1) is 0 Å². The van der Waals surface area contributed by atoms with E-state index in [2.05, 4.69) is 0 Å². The predicted molar refractivity (Wildman–Crippen MR) is 58.4 cm³/mol. The van der Waals surface area contributed by atoms with E-state index >= 15 is 0 Å². The second-order valence-corrected chi connectivity index (χ2v) is 4.51. The summed E-state index contributed by atoms with van der Waals surface area (Å²) in [7, 11) is 0. The number of ether oxygens (including phenoxy) is 2. The Kier molecular flexibility index (Phi) is 5.81. The normalized spacial score (nSPS) is 18.2. The predicted octanol–water partition coefficient (Wildman–Crippen LogP) is -2.20. The van der Waals surface area contributed by atoms with Gasteiger partial charge in [0.25, 0.3) is 0 Å². The van der Waals surface area contributed by atoms with Crippen LogP contribution in [0.25, 0.3) is 0 Å². The van der Waals surface area contributed by atoms with Gasteiger partial charge in [-0.15, -0.1) is 0 Å². The van der Waals surface area contributed by atoms with Gasteiger partial charge >= 0.3 is 35.5 Å². The summed E-state index contributed by atoms with van der Waals surface area (Å²) in [6.07, 6.45) is -0.320. The number of benzene rings is 1. The Balaban J connectivity index is 0.00000162. The molecule has 0 saturated heterocycles.